The van der Waals surface area contributed by atoms with Gasteiger partial charge in [0, 0.05) is 17.5 Å². The van der Waals surface area contributed by atoms with E-state index in [1.807, 2.05) is 32.0 Å². The number of hydrogen-bond donors (Lipinski definition) is 1. The van der Waals surface area contributed by atoms with Crippen molar-refractivity contribution in [1.82, 2.24) is 5.32 Å². The molecule has 0 spiro atoms. The zero-order valence-electron chi connectivity index (χ0n) is 12.8. The van der Waals surface area contributed by atoms with Gasteiger partial charge in [-0.15, -0.1) is 11.6 Å². The number of halogens is 1. The lowest BCUT2D eigenvalue weighted by Gasteiger charge is -2.25. The first kappa shape index (κ1) is 16.2. The van der Waals surface area contributed by atoms with Gasteiger partial charge in [-0.3, -0.25) is 4.79 Å². The lowest BCUT2D eigenvalue weighted by Crippen LogP contribution is -2.32. The predicted molar refractivity (Wildman–Crippen MR) is 86.1 cm³/mol. The second-order valence-electron chi connectivity index (χ2n) is 6.03. The molecule has 1 aromatic rings. The van der Waals surface area contributed by atoms with Gasteiger partial charge < -0.3 is 10.1 Å². The highest BCUT2D eigenvalue weighted by molar-refractivity contribution is 6.20. The second kappa shape index (κ2) is 7.69. The maximum atomic E-state index is 12.2. The number of benzene rings is 1. The Bertz CT molecular complexity index is 476. The molecule has 1 aliphatic carbocycles. The Morgan fingerprint density at radius 1 is 1.43 bits per heavy atom. The molecule has 3 nitrogen and oxygen atoms in total. The number of nitrogens with one attached hydrogen (secondary N) is 1. The average molecular weight is 310 g/mol. The number of ether oxygens (including phenoxy) is 1. The van der Waals surface area contributed by atoms with Crippen LogP contribution in [-0.2, 0) is 0 Å². The van der Waals surface area contributed by atoms with Crippen LogP contribution in [-0.4, -0.2) is 23.9 Å². The van der Waals surface area contributed by atoms with E-state index in [9.17, 15) is 4.79 Å². The van der Waals surface area contributed by atoms with Crippen LogP contribution >= 0.6 is 11.6 Å². The van der Waals surface area contributed by atoms with Gasteiger partial charge in [-0.05, 0) is 57.2 Å². The maximum absolute atomic E-state index is 12.2. The van der Waals surface area contributed by atoms with Crippen molar-refractivity contribution in [2.75, 3.05) is 6.54 Å². The van der Waals surface area contributed by atoms with Crippen LogP contribution in [0.3, 0.4) is 0 Å². The topological polar surface area (TPSA) is 38.3 Å². The lowest BCUT2D eigenvalue weighted by molar-refractivity contribution is 0.0943. The van der Waals surface area contributed by atoms with Crippen molar-refractivity contribution in [2.45, 2.75) is 51.0 Å². The summed E-state index contributed by atoms with van der Waals surface area (Å²) in [7, 11) is 0. The molecular weight excluding hydrogens is 286 g/mol. The van der Waals surface area contributed by atoms with Crippen LogP contribution in [0, 0.1) is 5.92 Å². The molecule has 0 aromatic heterocycles. The van der Waals surface area contributed by atoms with Crippen LogP contribution in [0.5, 0.6) is 5.75 Å². The maximum Gasteiger partial charge on any atom is 0.251 e. The van der Waals surface area contributed by atoms with E-state index in [0.29, 0.717) is 18.0 Å². The highest BCUT2D eigenvalue weighted by Gasteiger charge is 2.20. The van der Waals surface area contributed by atoms with E-state index in [1.165, 1.54) is 0 Å². The largest absolute Gasteiger partial charge is 0.491 e. The molecule has 0 radical (unpaired) electrons. The van der Waals surface area contributed by atoms with Gasteiger partial charge >= 0.3 is 0 Å². The van der Waals surface area contributed by atoms with Crippen molar-refractivity contribution >= 4 is 17.5 Å². The number of rotatable bonds is 5. The molecule has 0 heterocycles. The van der Waals surface area contributed by atoms with Crippen molar-refractivity contribution in [3.05, 3.63) is 29.8 Å². The predicted octanol–water partition coefficient (Wildman–Crippen LogP) is 4.00. The van der Waals surface area contributed by atoms with Gasteiger partial charge in [0.05, 0.1) is 6.10 Å². The van der Waals surface area contributed by atoms with Crippen molar-refractivity contribution in [1.29, 1.82) is 0 Å². The fraction of sp³-hybridized carbons (Fsp3) is 0.588. The molecule has 0 bridgehead atoms. The molecule has 1 saturated carbocycles. The summed E-state index contributed by atoms with van der Waals surface area (Å²) in [5, 5.41) is 3.28. The summed E-state index contributed by atoms with van der Waals surface area (Å²) in [5.74, 6) is 1.19. The fourth-order valence-electron chi connectivity index (χ4n) is 2.73. The summed E-state index contributed by atoms with van der Waals surface area (Å²) in [6.45, 7) is 4.65. The summed E-state index contributed by atoms with van der Waals surface area (Å²) in [5.41, 5.74) is 0.645. The molecule has 2 atom stereocenters. The molecule has 1 aliphatic rings. The third-order valence-electron chi connectivity index (χ3n) is 3.74. The third-order valence-corrected chi connectivity index (χ3v) is 4.13. The normalized spacial score (nSPS) is 22.1. The Morgan fingerprint density at radius 2 is 2.24 bits per heavy atom. The molecule has 1 fully saturated rings. The molecule has 21 heavy (non-hydrogen) atoms. The molecule has 2 rings (SSSR count). The minimum atomic E-state index is -0.0408. The number of carbonyl (C=O) groups is 1. The molecule has 4 heteroatoms. The number of hydrogen-bond acceptors (Lipinski definition) is 2. The quantitative estimate of drug-likeness (QED) is 0.835. The van der Waals surface area contributed by atoms with E-state index in [-0.39, 0.29) is 17.4 Å². The Labute approximate surface area is 132 Å². The van der Waals surface area contributed by atoms with Crippen LogP contribution in [0.4, 0.5) is 0 Å². The van der Waals surface area contributed by atoms with E-state index >= 15 is 0 Å². The fourth-order valence-corrected chi connectivity index (χ4v) is 3.14. The lowest BCUT2D eigenvalue weighted by atomic mass is 9.89. The summed E-state index contributed by atoms with van der Waals surface area (Å²) in [4.78, 5) is 12.2. The third kappa shape index (κ3) is 5.24. The molecule has 0 aliphatic heterocycles. The minimum Gasteiger partial charge on any atom is -0.491 e. The van der Waals surface area contributed by atoms with E-state index in [4.69, 9.17) is 16.3 Å². The van der Waals surface area contributed by atoms with Crippen LogP contribution in [0.25, 0.3) is 0 Å². The summed E-state index contributed by atoms with van der Waals surface area (Å²) in [6.07, 6.45) is 4.51. The molecular formula is C17H24ClNO2. The zero-order valence-corrected chi connectivity index (χ0v) is 13.5. The van der Waals surface area contributed by atoms with Gasteiger partial charge in [0.15, 0.2) is 0 Å². The Balaban J connectivity index is 1.88. The highest BCUT2D eigenvalue weighted by Crippen LogP contribution is 2.27. The van der Waals surface area contributed by atoms with Crippen molar-refractivity contribution in [3.8, 4) is 5.75 Å². The second-order valence-corrected chi connectivity index (χ2v) is 6.65. The first-order valence-electron chi connectivity index (χ1n) is 7.73. The molecule has 2 unspecified atom stereocenters. The summed E-state index contributed by atoms with van der Waals surface area (Å²) in [6, 6.07) is 7.33. The van der Waals surface area contributed by atoms with Crippen molar-refractivity contribution in [3.63, 3.8) is 0 Å². The Morgan fingerprint density at radius 3 is 2.95 bits per heavy atom. The van der Waals surface area contributed by atoms with E-state index in [0.717, 1.165) is 31.4 Å². The molecule has 0 saturated heterocycles. The van der Waals surface area contributed by atoms with Crippen molar-refractivity contribution in [2.24, 2.45) is 5.92 Å². The molecule has 116 valence electrons. The van der Waals surface area contributed by atoms with Gasteiger partial charge in [-0.1, -0.05) is 12.5 Å². The summed E-state index contributed by atoms with van der Waals surface area (Å²) >= 11 is 6.18. The number of amides is 1. The summed E-state index contributed by atoms with van der Waals surface area (Å²) < 4.78 is 5.62. The van der Waals surface area contributed by atoms with E-state index < -0.39 is 0 Å². The molecule has 1 amide bonds. The monoisotopic (exact) mass is 309 g/mol. The first-order valence-corrected chi connectivity index (χ1v) is 8.17. The van der Waals surface area contributed by atoms with Gasteiger partial charge in [0.1, 0.15) is 5.75 Å². The van der Waals surface area contributed by atoms with Gasteiger partial charge in [-0.2, -0.15) is 0 Å². The number of alkyl halides is 1. The minimum absolute atomic E-state index is 0.0408. The average Bonchev–Trinajstić information content (AvgIpc) is 2.44. The highest BCUT2D eigenvalue weighted by atomic mass is 35.5. The smallest absolute Gasteiger partial charge is 0.251 e. The standard InChI is InChI=1S/C17H24ClNO2/c1-12(2)21-16-8-4-6-14(10-16)17(20)19-11-13-5-3-7-15(18)9-13/h4,6,8,10,12-13,15H,3,5,7,9,11H2,1-2H3,(H,19,20). The Kier molecular flexibility index (Phi) is 5.92. The van der Waals surface area contributed by atoms with Crippen molar-refractivity contribution < 1.29 is 9.53 Å². The van der Waals surface area contributed by atoms with Crippen LogP contribution < -0.4 is 10.1 Å². The van der Waals surface area contributed by atoms with Gasteiger partial charge in [-0.25, -0.2) is 0 Å². The molecule has 1 N–H and O–H groups in total. The van der Waals surface area contributed by atoms with Crippen LogP contribution in [0.15, 0.2) is 24.3 Å². The van der Waals surface area contributed by atoms with Gasteiger partial charge in [0.2, 0.25) is 0 Å². The van der Waals surface area contributed by atoms with Gasteiger partial charge in [0.25, 0.3) is 5.91 Å². The molecule has 1 aromatic carbocycles. The van der Waals surface area contributed by atoms with E-state index in [1.54, 1.807) is 6.07 Å². The van der Waals surface area contributed by atoms with Crippen LogP contribution in [0.1, 0.15) is 49.9 Å². The Hall–Kier alpha value is -1.22. The number of carbonyl (C=O) groups excluding carboxylic acids is 1. The van der Waals surface area contributed by atoms with E-state index in [2.05, 4.69) is 5.32 Å². The zero-order chi connectivity index (χ0) is 15.2. The SMILES string of the molecule is CC(C)Oc1cccc(C(=O)NCC2CCCC(Cl)C2)c1. The van der Waals surface area contributed by atoms with Crippen LogP contribution in [0.2, 0.25) is 0 Å². The first-order chi connectivity index (χ1) is 10.0.